The van der Waals surface area contributed by atoms with Gasteiger partial charge in [-0.15, -0.1) is 0 Å². The van der Waals surface area contributed by atoms with E-state index >= 15 is 0 Å². The topological polar surface area (TPSA) is 85.2 Å². The SMILES string of the molecule is CC(Nc1nccc(N2C(=O)OCC2CF)n1)c1cn(-c2ccc(C(F)(F)F)cc2)cn1. The lowest BCUT2D eigenvalue weighted by Gasteiger charge is -2.19. The zero-order chi connectivity index (χ0) is 22.9. The van der Waals surface area contributed by atoms with Crippen molar-refractivity contribution in [1.82, 2.24) is 19.5 Å². The number of aromatic nitrogens is 4. The minimum absolute atomic E-state index is 0.0557. The van der Waals surface area contributed by atoms with Crippen molar-refractivity contribution in [2.24, 2.45) is 0 Å². The van der Waals surface area contributed by atoms with Gasteiger partial charge in [-0.05, 0) is 37.3 Å². The molecule has 2 unspecified atom stereocenters. The van der Waals surface area contributed by atoms with Gasteiger partial charge in [0.2, 0.25) is 5.95 Å². The van der Waals surface area contributed by atoms with E-state index in [9.17, 15) is 22.4 Å². The lowest BCUT2D eigenvalue weighted by atomic mass is 10.2. The molecule has 0 saturated carbocycles. The molecule has 1 aliphatic heterocycles. The summed E-state index contributed by atoms with van der Waals surface area (Å²) in [4.78, 5) is 25.7. The first kappa shape index (κ1) is 21.5. The van der Waals surface area contributed by atoms with Crippen LogP contribution < -0.4 is 10.2 Å². The third kappa shape index (κ3) is 4.34. The van der Waals surface area contributed by atoms with E-state index in [2.05, 4.69) is 20.3 Å². The van der Waals surface area contributed by atoms with Gasteiger partial charge >= 0.3 is 12.3 Å². The summed E-state index contributed by atoms with van der Waals surface area (Å²) in [6, 6.07) is 5.08. The predicted molar refractivity (Wildman–Crippen MR) is 106 cm³/mol. The number of cyclic esters (lactones) is 1. The minimum Gasteiger partial charge on any atom is -0.447 e. The molecule has 0 aliphatic carbocycles. The molecule has 0 spiro atoms. The number of benzene rings is 1. The molecule has 1 saturated heterocycles. The Hall–Kier alpha value is -3.70. The van der Waals surface area contributed by atoms with Gasteiger partial charge in [0.25, 0.3) is 0 Å². The Labute approximate surface area is 179 Å². The fourth-order valence-electron chi connectivity index (χ4n) is 3.20. The highest BCUT2D eigenvalue weighted by atomic mass is 19.4. The van der Waals surface area contributed by atoms with Gasteiger partial charge in [-0.25, -0.2) is 19.2 Å². The molecule has 1 aliphatic rings. The van der Waals surface area contributed by atoms with E-state index in [-0.39, 0.29) is 24.4 Å². The molecule has 2 aromatic heterocycles. The zero-order valence-corrected chi connectivity index (χ0v) is 16.8. The monoisotopic (exact) mass is 450 g/mol. The minimum atomic E-state index is -4.40. The molecule has 12 heteroatoms. The molecule has 1 amide bonds. The molecule has 1 N–H and O–H groups in total. The molecule has 8 nitrogen and oxygen atoms in total. The van der Waals surface area contributed by atoms with Gasteiger partial charge in [-0.2, -0.15) is 18.2 Å². The lowest BCUT2D eigenvalue weighted by Crippen LogP contribution is -2.35. The number of ether oxygens (including phenoxy) is 1. The van der Waals surface area contributed by atoms with Crippen LogP contribution in [0.5, 0.6) is 0 Å². The Kier molecular flexibility index (Phi) is 5.68. The first-order chi connectivity index (χ1) is 15.3. The number of hydrogen-bond acceptors (Lipinski definition) is 6. The van der Waals surface area contributed by atoms with Crippen LogP contribution in [0.3, 0.4) is 0 Å². The molecule has 3 aromatic rings. The molecular formula is C20H18F4N6O2. The zero-order valence-electron chi connectivity index (χ0n) is 16.8. The number of carbonyl (C=O) groups excluding carboxylic acids is 1. The van der Waals surface area contributed by atoms with Crippen molar-refractivity contribution in [3.05, 3.63) is 60.3 Å². The number of anilines is 2. The summed E-state index contributed by atoms with van der Waals surface area (Å²) in [5, 5.41) is 3.04. The Morgan fingerprint density at radius 3 is 2.66 bits per heavy atom. The Bertz CT molecular complexity index is 1100. The van der Waals surface area contributed by atoms with Gasteiger partial charge < -0.3 is 14.6 Å². The Morgan fingerprint density at radius 2 is 1.97 bits per heavy atom. The van der Waals surface area contributed by atoms with Gasteiger partial charge in [-0.3, -0.25) is 4.90 Å². The quantitative estimate of drug-likeness (QED) is 0.568. The number of alkyl halides is 4. The molecular weight excluding hydrogens is 432 g/mol. The van der Waals surface area contributed by atoms with Crippen LogP contribution in [0.25, 0.3) is 5.69 Å². The first-order valence-electron chi connectivity index (χ1n) is 9.59. The van der Waals surface area contributed by atoms with Crippen LogP contribution in [0, 0.1) is 0 Å². The second-order valence-electron chi connectivity index (χ2n) is 7.11. The molecule has 4 rings (SSSR count). The van der Waals surface area contributed by atoms with Crippen LogP contribution in [-0.4, -0.2) is 44.9 Å². The Balaban J connectivity index is 1.48. The van der Waals surface area contributed by atoms with E-state index in [4.69, 9.17) is 4.74 Å². The Morgan fingerprint density at radius 1 is 1.22 bits per heavy atom. The average molecular weight is 450 g/mol. The molecule has 1 fully saturated rings. The van der Waals surface area contributed by atoms with Crippen molar-refractivity contribution in [3.63, 3.8) is 0 Å². The summed E-state index contributed by atoms with van der Waals surface area (Å²) in [6.07, 6.45) is -0.498. The molecule has 2 atom stereocenters. The average Bonchev–Trinajstić information content (AvgIpc) is 3.40. The van der Waals surface area contributed by atoms with Crippen molar-refractivity contribution in [1.29, 1.82) is 0 Å². The number of nitrogens with one attached hydrogen (secondary N) is 1. The van der Waals surface area contributed by atoms with Crippen LogP contribution in [0.2, 0.25) is 0 Å². The molecule has 3 heterocycles. The summed E-state index contributed by atoms with van der Waals surface area (Å²) in [5.74, 6) is 0.395. The maximum absolute atomic E-state index is 13.2. The summed E-state index contributed by atoms with van der Waals surface area (Å²) < 4.78 is 57.9. The predicted octanol–water partition coefficient (Wildman–Crippen LogP) is 4.15. The van der Waals surface area contributed by atoms with Crippen LogP contribution in [0.1, 0.15) is 24.2 Å². The summed E-state index contributed by atoms with van der Waals surface area (Å²) in [6.45, 7) is 0.972. The number of imidazole rings is 1. The smallest absolute Gasteiger partial charge is 0.416 e. The van der Waals surface area contributed by atoms with Crippen LogP contribution in [0.4, 0.5) is 34.1 Å². The highest BCUT2D eigenvalue weighted by molar-refractivity contribution is 5.89. The maximum atomic E-state index is 13.2. The van der Waals surface area contributed by atoms with Gasteiger partial charge in [0.15, 0.2) is 0 Å². The second-order valence-corrected chi connectivity index (χ2v) is 7.11. The van der Waals surface area contributed by atoms with Crippen LogP contribution in [0.15, 0.2) is 49.1 Å². The second kappa shape index (κ2) is 8.44. The molecule has 0 bridgehead atoms. The van der Waals surface area contributed by atoms with E-state index in [0.29, 0.717) is 11.4 Å². The number of carbonyl (C=O) groups is 1. The fraction of sp³-hybridized carbons (Fsp3) is 0.300. The lowest BCUT2D eigenvalue weighted by molar-refractivity contribution is -0.137. The van der Waals surface area contributed by atoms with Crippen molar-refractivity contribution in [2.75, 3.05) is 23.5 Å². The third-order valence-corrected chi connectivity index (χ3v) is 4.91. The molecule has 0 radical (unpaired) electrons. The summed E-state index contributed by atoms with van der Waals surface area (Å²) >= 11 is 0. The number of hydrogen-bond donors (Lipinski definition) is 1. The largest absolute Gasteiger partial charge is 0.447 e. The van der Waals surface area contributed by atoms with Gasteiger partial charge in [0, 0.05) is 18.1 Å². The highest BCUT2D eigenvalue weighted by Crippen LogP contribution is 2.30. The van der Waals surface area contributed by atoms with Crippen LogP contribution >= 0.6 is 0 Å². The molecule has 168 valence electrons. The standard InChI is InChI=1S/C20H18F4N6O2/c1-12(16-9-29(11-26-16)14-4-2-13(3-5-14)20(22,23)24)27-18-25-7-6-17(28-18)30-15(8-21)10-32-19(30)31/h2-7,9,11-12,15H,8,10H2,1H3,(H,25,27,28). The third-order valence-electron chi connectivity index (χ3n) is 4.91. The van der Waals surface area contributed by atoms with Gasteiger partial charge in [-0.1, -0.05) is 0 Å². The number of nitrogens with zero attached hydrogens (tertiary/aromatic N) is 5. The van der Waals surface area contributed by atoms with E-state index in [1.54, 1.807) is 17.7 Å². The normalized spacial score (nSPS) is 17.3. The fourth-order valence-corrected chi connectivity index (χ4v) is 3.20. The molecule has 1 aromatic carbocycles. The van der Waals surface area contributed by atoms with E-state index in [1.807, 2.05) is 0 Å². The number of amides is 1. The summed E-state index contributed by atoms with van der Waals surface area (Å²) in [7, 11) is 0. The van der Waals surface area contributed by atoms with E-state index < -0.39 is 30.5 Å². The van der Waals surface area contributed by atoms with Gasteiger partial charge in [0.05, 0.1) is 23.6 Å². The van der Waals surface area contributed by atoms with Crippen molar-refractivity contribution >= 4 is 17.9 Å². The van der Waals surface area contributed by atoms with Crippen LogP contribution in [-0.2, 0) is 10.9 Å². The van der Waals surface area contributed by atoms with Gasteiger partial charge in [0.1, 0.15) is 25.1 Å². The highest BCUT2D eigenvalue weighted by Gasteiger charge is 2.35. The van der Waals surface area contributed by atoms with E-state index in [0.717, 1.165) is 17.0 Å². The first-order valence-corrected chi connectivity index (χ1v) is 9.59. The van der Waals surface area contributed by atoms with E-state index in [1.165, 1.54) is 30.7 Å². The van der Waals surface area contributed by atoms with Crippen molar-refractivity contribution in [2.45, 2.75) is 25.2 Å². The number of halogens is 4. The van der Waals surface area contributed by atoms with Crippen molar-refractivity contribution in [3.8, 4) is 5.69 Å². The van der Waals surface area contributed by atoms with Crippen molar-refractivity contribution < 1.29 is 27.1 Å². The summed E-state index contributed by atoms with van der Waals surface area (Å²) in [5.41, 5.74) is 0.374. The molecule has 32 heavy (non-hydrogen) atoms. The number of rotatable bonds is 6. The maximum Gasteiger partial charge on any atom is 0.416 e.